The minimum Gasteiger partial charge on any atom is -0.497 e. The van der Waals surface area contributed by atoms with E-state index in [1.807, 2.05) is 24.3 Å². The summed E-state index contributed by atoms with van der Waals surface area (Å²) in [7, 11) is 3.35. The largest absolute Gasteiger partial charge is 0.497 e. The summed E-state index contributed by atoms with van der Waals surface area (Å²) in [6, 6.07) is 8.95. The molecule has 19 heavy (non-hydrogen) atoms. The summed E-state index contributed by atoms with van der Waals surface area (Å²) in [6.07, 6.45) is 3.25. The van der Waals surface area contributed by atoms with Crippen molar-refractivity contribution in [2.24, 2.45) is 12.1 Å². The molecular weight excluding hydrogens is 244 g/mol. The fourth-order valence-electron chi connectivity index (χ4n) is 1.45. The molecule has 0 radical (unpaired) electrons. The lowest BCUT2D eigenvalue weighted by Crippen LogP contribution is -2.18. The smallest absolute Gasteiger partial charge is 0.291 e. The molecule has 0 atom stereocenters. The summed E-state index contributed by atoms with van der Waals surface area (Å²) < 4.78 is 6.60. The van der Waals surface area contributed by atoms with E-state index >= 15 is 0 Å². The molecule has 98 valence electrons. The van der Waals surface area contributed by atoms with Crippen molar-refractivity contribution >= 4 is 12.1 Å². The molecule has 1 aromatic heterocycles. The number of amides is 1. The van der Waals surface area contributed by atoms with Gasteiger partial charge in [0.1, 0.15) is 5.75 Å². The number of nitrogens with one attached hydrogen (secondary N) is 1. The standard InChI is InChI=1S/C13H14N4O2/c1-17-8-7-12(16-17)13(18)15-14-9-10-3-5-11(19-2)6-4-10/h3-9H,1-2H3,(H,15,18). The molecule has 1 heterocycles. The first-order chi connectivity index (χ1) is 9.19. The number of aromatic nitrogens is 2. The van der Waals surface area contributed by atoms with E-state index in [9.17, 15) is 4.79 Å². The molecule has 0 unspecified atom stereocenters. The zero-order chi connectivity index (χ0) is 13.7. The maximum absolute atomic E-state index is 11.6. The van der Waals surface area contributed by atoms with Crippen LogP contribution >= 0.6 is 0 Å². The predicted molar refractivity (Wildman–Crippen MR) is 71.3 cm³/mol. The summed E-state index contributed by atoms with van der Waals surface area (Å²) in [6.45, 7) is 0. The average Bonchev–Trinajstić information content (AvgIpc) is 2.86. The Morgan fingerprint density at radius 2 is 2.11 bits per heavy atom. The molecule has 2 rings (SSSR count). The Kier molecular flexibility index (Phi) is 3.92. The van der Waals surface area contributed by atoms with Gasteiger partial charge in [-0.1, -0.05) is 0 Å². The monoisotopic (exact) mass is 258 g/mol. The lowest BCUT2D eigenvalue weighted by Gasteiger charge is -1.99. The summed E-state index contributed by atoms with van der Waals surface area (Å²) in [5.74, 6) is 0.431. The molecule has 1 N–H and O–H groups in total. The lowest BCUT2D eigenvalue weighted by molar-refractivity contribution is 0.0949. The van der Waals surface area contributed by atoms with Crippen LogP contribution in [-0.4, -0.2) is 29.0 Å². The van der Waals surface area contributed by atoms with E-state index in [4.69, 9.17) is 4.74 Å². The predicted octanol–water partition coefficient (Wildman–Crippen LogP) is 1.19. The molecule has 0 fully saturated rings. The molecule has 1 aromatic carbocycles. The molecule has 6 heteroatoms. The molecule has 0 saturated carbocycles. The van der Waals surface area contributed by atoms with Crippen LogP contribution in [0.25, 0.3) is 0 Å². The number of hydrogen-bond donors (Lipinski definition) is 1. The van der Waals surface area contributed by atoms with Gasteiger partial charge in [-0.25, -0.2) is 5.43 Å². The van der Waals surface area contributed by atoms with Crippen LogP contribution < -0.4 is 10.2 Å². The number of carbonyl (C=O) groups is 1. The number of benzene rings is 1. The van der Waals surface area contributed by atoms with Crippen molar-refractivity contribution in [3.05, 3.63) is 47.8 Å². The van der Waals surface area contributed by atoms with Crippen LogP contribution in [0.2, 0.25) is 0 Å². The van der Waals surface area contributed by atoms with Gasteiger partial charge in [0.2, 0.25) is 0 Å². The summed E-state index contributed by atoms with van der Waals surface area (Å²) in [4.78, 5) is 11.6. The molecule has 6 nitrogen and oxygen atoms in total. The Balaban J connectivity index is 1.94. The molecular formula is C13H14N4O2. The highest BCUT2D eigenvalue weighted by molar-refractivity contribution is 5.93. The molecule has 0 aliphatic carbocycles. The van der Waals surface area contributed by atoms with Crippen LogP contribution in [0.4, 0.5) is 0 Å². The topological polar surface area (TPSA) is 68.5 Å². The number of nitrogens with zero attached hydrogens (tertiary/aromatic N) is 3. The number of rotatable bonds is 4. The molecule has 0 bridgehead atoms. The number of hydrazone groups is 1. The third kappa shape index (κ3) is 3.41. The summed E-state index contributed by atoms with van der Waals surface area (Å²) in [5, 5.41) is 7.84. The number of carbonyl (C=O) groups excluding carboxylic acids is 1. The number of ether oxygens (including phenoxy) is 1. The van der Waals surface area contributed by atoms with E-state index in [2.05, 4.69) is 15.6 Å². The summed E-state index contributed by atoms with van der Waals surface area (Å²) >= 11 is 0. The number of methoxy groups -OCH3 is 1. The zero-order valence-corrected chi connectivity index (χ0v) is 10.7. The van der Waals surface area contributed by atoms with Gasteiger partial charge in [-0.3, -0.25) is 9.48 Å². The minimum atomic E-state index is -0.342. The minimum absolute atomic E-state index is 0.328. The third-order valence-corrected chi connectivity index (χ3v) is 2.44. The first-order valence-electron chi connectivity index (χ1n) is 5.66. The Morgan fingerprint density at radius 1 is 1.37 bits per heavy atom. The van der Waals surface area contributed by atoms with Gasteiger partial charge < -0.3 is 4.74 Å². The molecule has 0 saturated heterocycles. The fraction of sp³-hybridized carbons (Fsp3) is 0.154. The van der Waals surface area contributed by atoms with Crippen LogP contribution in [-0.2, 0) is 7.05 Å². The van der Waals surface area contributed by atoms with E-state index in [-0.39, 0.29) is 5.91 Å². The second kappa shape index (κ2) is 5.81. The van der Waals surface area contributed by atoms with Gasteiger partial charge >= 0.3 is 0 Å². The van der Waals surface area contributed by atoms with Gasteiger partial charge in [-0.2, -0.15) is 10.2 Å². The van der Waals surface area contributed by atoms with Crippen molar-refractivity contribution in [3.63, 3.8) is 0 Å². The summed E-state index contributed by atoms with van der Waals surface area (Å²) in [5.41, 5.74) is 3.60. The SMILES string of the molecule is COc1ccc(C=NNC(=O)c2ccn(C)n2)cc1. The van der Waals surface area contributed by atoms with Crippen molar-refractivity contribution in [2.45, 2.75) is 0 Å². The highest BCUT2D eigenvalue weighted by Gasteiger charge is 2.06. The van der Waals surface area contributed by atoms with Gasteiger partial charge in [0, 0.05) is 13.2 Å². The maximum atomic E-state index is 11.6. The van der Waals surface area contributed by atoms with E-state index < -0.39 is 0 Å². The maximum Gasteiger partial charge on any atom is 0.291 e. The van der Waals surface area contributed by atoms with Gasteiger partial charge in [0.05, 0.1) is 13.3 Å². The van der Waals surface area contributed by atoms with Crippen molar-refractivity contribution in [3.8, 4) is 5.75 Å². The van der Waals surface area contributed by atoms with Gasteiger partial charge in [-0.05, 0) is 35.9 Å². The van der Waals surface area contributed by atoms with E-state index in [0.717, 1.165) is 11.3 Å². The molecule has 0 aliphatic rings. The van der Waals surface area contributed by atoms with Crippen molar-refractivity contribution in [1.29, 1.82) is 0 Å². The van der Waals surface area contributed by atoms with Crippen LogP contribution in [0.1, 0.15) is 16.1 Å². The second-order valence-corrected chi connectivity index (χ2v) is 3.85. The van der Waals surface area contributed by atoms with Crippen LogP contribution in [0.3, 0.4) is 0 Å². The van der Waals surface area contributed by atoms with Crippen LogP contribution in [0.5, 0.6) is 5.75 Å². The van der Waals surface area contributed by atoms with Gasteiger partial charge in [-0.15, -0.1) is 0 Å². The molecule has 1 amide bonds. The molecule has 0 spiro atoms. The van der Waals surface area contributed by atoms with Crippen molar-refractivity contribution < 1.29 is 9.53 Å². The van der Waals surface area contributed by atoms with E-state index in [1.165, 1.54) is 0 Å². The van der Waals surface area contributed by atoms with E-state index in [1.54, 1.807) is 37.3 Å². The number of hydrogen-bond acceptors (Lipinski definition) is 4. The number of aryl methyl sites for hydroxylation is 1. The molecule has 0 aliphatic heterocycles. The highest BCUT2D eigenvalue weighted by atomic mass is 16.5. The molecule has 2 aromatic rings. The van der Waals surface area contributed by atoms with Gasteiger partial charge in [0.15, 0.2) is 5.69 Å². The Bertz CT molecular complexity index is 587. The van der Waals surface area contributed by atoms with Crippen LogP contribution in [0, 0.1) is 0 Å². The quantitative estimate of drug-likeness (QED) is 0.661. The second-order valence-electron chi connectivity index (χ2n) is 3.85. The Hall–Kier alpha value is -2.63. The van der Waals surface area contributed by atoms with E-state index in [0.29, 0.717) is 5.69 Å². The highest BCUT2D eigenvalue weighted by Crippen LogP contribution is 2.09. The zero-order valence-electron chi connectivity index (χ0n) is 10.7. The van der Waals surface area contributed by atoms with Crippen molar-refractivity contribution in [1.82, 2.24) is 15.2 Å². The fourth-order valence-corrected chi connectivity index (χ4v) is 1.45. The van der Waals surface area contributed by atoms with Crippen molar-refractivity contribution in [2.75, 3.05) is 7.11 Å². The van der Waals surface area contributed by atoms with Gasteiger partial charge in [0.25, 0.3) is 5.91 Å². The Morgan fingerprint density at radius 3 is 2.68 bits per heavy atom. The first kappa shape index (κ1) is 12.8. The Labute approximate surface area is 110 Å². The third-order valence-electron chi connectivity index (χ3n) is 2.44. The first-order valence-corrected chi connectivity index (χ1v) is 5.66. The lowest BCUT2D eigenvalue weighted by atomic mass is 10.2. The van der Waals surface area contributed by atoms with Crippen LogP contribution in [0.15, 0.2) is 41.6 Å². The normalized spacial score (nSPS) is 10.6. The average molecular weight is 258 g/mol.